The lowest BCUT2D eigenvalue weighted by atomic mass is 9.97. The fourth-order valence-electron chi connectivity index (χ4n) is 1.89. The first-order valence-corrected chi connectivity index (χ1v) is 6.90. The largest absolute Gasteiger partial charge is 0.379 e. The van der Waals surface area contributed by atoms with Crippen molar-refractivity contribution in [1.82, 2.24) is 0 Å². The van der Waals surface area contributed by atoms with Gasteiger partial charge < -0.3 is 10.5 Å². The Bertz CT molecular complexity index is 329. The number of rotatable bonds is 8. The summed E-state index contributed by atoms with van der Waals surface area (Å²) in [7, 11) is 1.78. The van der Waals surface area contributed by atoms with Crippen molar-refractivity contribution < 1.29 is 4.74 Å². The van der Waals surface area contributed by atoms with Crippen molar-refractivity contribution in [2.75, 3.05) is 13.7 Å². The molecular weight excluding hydrogens is 222 g/mol. The Balaban J connectivity index is 2.40. The van der Waals surface area contributed by atoms with Gasteiger partial charge in [-0.2, -0.15) is 0 Å². The number of aryl methyl sites for hydroxylation is 2. The number of hydrogen-bond acceptors (Lipinski definition) is 2. The van der Waals surface area contributed by atoms with E-state index < -0.39 is 0 Å². The molecule has 1 aromatic carbocycles. The Hall–Kier alpha value is -0.860. The SMILES string of the molecule is COC(C)(C)CCc1ccc(CCCCN)cc1. The van der Waals surface area contributed by atoms with E-state index in [1.165, 1.54) is 17.5 Å². The van der Waals surface area contributed by atoms with Gasteiger partial charge in [-0.3, -0.25) is 0 Å². The van der Waals surface area contributed by atoms with Crippen LogP contribution in [0.1, 0.15) is 44.2 Å². The summed E-state index contributed by atoms with van der Waals surface area (Å²) < 4.78 is 5.44. The standard InChI is InChI=1S/C16H27NO/c1-16(2,18-3)12-11-15-9-7-14(8-10-15)6-4-5-13-17/h7-10H,4-6,11-13,17H2,1-3H3. The molecule has 18 heavy (non-hydrogen) atoms. The second kappa shape index (κ2) is 7.55. The van der Waals surface area contributed by atoms with Gasteiger partial charge in [-0.05, 0) is 63.6 Å². The van der Waals surface area contributed by atoms with Crippen LogP contribution in [-0.2, 0) is 17.6 Å². The molecule has 0 aliphatic heterocycles. The van der Waals surface area contributed by atoms with Gasteiger partial charge in [0, 0.05) is 7.11 Å². The summed E-state index contributed by atoms with van der Waals surface area (Å²) in [6.07, 6.45) is 5.57. The van der Waals surface area contributed by atoms with E-state index in [-0.39, 0.29) is 5.60 Å². The maximum Gasteiger partial charge on any atom is 0.0625 e. The molecule has 2 N–H and O–H groups in total. The Morgan fingerprint density at radius 3 is 2.06 bits per heavy atom. The van der Waals surface area contributed by atoms with Gasteiger partial charge in [0.05, 0.1) is 5.60 Å². The maximum absolute atomic E-state index is 5.50. The van der Waals surface area contributed by atoms with Crippen LogP contribution in [-0.4, -0.2) is 19.3 Å². The van der Waals surface area contributed by atoms with E-state index in [1.54, 1.807) is 7.11 Å². The molecule has 0 heterocycles. The van der Waals surface area contributed by atoms with Crippen molar-refractivity contribution in [3.8, 4) is 0 Å². The summed E-state index contributed by atoms with van der Waals surface area (Å²) in [5.74, 6) is 0. The molecule has 0 radical (unpaired) electrons. The molecule has 2 heteroatoms. The topological polar surface area (TPSA) is 35.2 Å². The molecule has 0 aliphatic rings. The molecule has 0 spiro atoms. The van der Waals surface area contributed by atoms with Crippen molar-refractivity contribution in [3.63, 3.8) is 0 Å². The molecule has 0 amide bonds. The third kappa shape index (κ3) is 5.65. The lowest BCUT2D eigenvalue weighted by Crippen LogP contribution is -2.22. The predicted octanol–water partition coefficient (Wildman–Crippen LogP) is 3.33. The van der Waals surface area contributed by atoms with Gasteiger partial charge in [0.25, 0.3) is 0 Å². The highest BCUT2D eigenvalue weighted by molar-refractivity contribution is 5.22. The monoisotopic (exact) mass is 249 g/mol. The van der Waals surface area contributed by atoms with E-state index in [0.717, 1.165) is 32.2 Å². The Morgan fingerprint density at radius 1 is 1.00 bits per heavy atom. The molecule has 0 bridgehead atoms. The van der Waals surface area contributed by atoms with Gasteiger partial charge in [0.15, 0.2) is 0 Å². The fourth-order valence-corrected chi connectivity index (χ4v) is 1.89. The molecule has 0 unspecified atom stereocenters. The number of unbranched alkanes of at least 4 members (excludes halogenated alkanes) is 1. The lowest BCUT2D eigenvalue weighted by molar-refractivity contribution is 0.0158. The molecule has 2 nitrogen and oxygen atoms in total. The average Bonchev–Trinajstić information content (AvgIpc) is 2.38. The van der Waals surface area contributed by atoms with Crippen molar-refractivity contribution in [1.29, 1.82) is 0 Å². The van der Waals surface area contributed by atoms with Gasteiger partial charge in [-0.15, -0.1) is 0 Å². The number of methoxy groups -OCH3 is 1. The normalized spacial score (nSPS) is 11.8. The van der Waals surface area contributed by atoms with Gasteiger partial charge in [0.1, 0.15) is 0 Å². The number of hydrogen-bond donors (Lipinski definition) is 1. The maximum atomic E-state index is 5.50. The lowest BCUT2D eigenvalue weighted by Gasteiger charge is -2.22. The third-order valence-corrected chi connectivity index (χ3v) is 3.51. The van der Waals surface area contributed by atoms with E-state index in [2.05, 4.69) is 38.1 Å². The van der Waals surface area contributed by atoms with Crippen molar-refractivity contribution in [3.05, 3.63) is 35.4 Å². The van der Waals surface area contributed by atoms with E-state index in [9.17, 15) is 0 Å². The van der Waals surface area contributed by atoms with Crippen molar-refractivity contribution >= 4 is 0 Å². The molecular formula is C16H27NO. The average molecular weight is 249 g/mol. The van der Waals surface area contributed by atoms with E-state index >= 15 is 0 Å². The van der Waals surface area contributed by atoms with E-state index in [0.29, 0.717) is 0 Å². The zero-order chi connectivity index (χ0) is 13.4. The Kier molecular flexibility index (Phi) is 6.37. The van der Waals surface area contributed by atoms with Crippen LogP contribution in [0.15, 0.2) is 24.3 Å². The zero-order valence-corrected chi connectivity index (χ0v) is 12.0. The van der Waals surface area contributed by atoms with Crippen molar-refractivity contribution in [2.24, 2.45) is 5.73 Å². The van der Waals surface area contributed by atoms with Gasteiger partial charge >= 0.3 is 0 Å². The first kappa shape index (κ1) is 15.2. The molecule has 0 atom stereocenters. The minimum atomic E-state index is -0.0280. The second-order valence-electron chi connectivity index (χ2n) is 5.53. The summed E-state index contributed by atoms with van der Waals surface area (Å²) in [5, 5.41) is 0. The van der Waals surface area contributed by atoms with E-state index in [4.69, 9.17) is 10.5 Å². The Labute approximate surface area is 112 Å². The summed E-state index contributed by atoms with van der Waals surface area (Å²) >= 11 is 0. The summed E-state index contributed by atoms with van der Waals surface area (Å²) in [4.78, 5) is 0. The predicted molar refractivity (Wildman–Crippen MR) is 77.8 cm³/mol. The molecule has 1 aromatic rings. The molecule has 0 saturated carbocycles. The van der Waals surface area contributed by atoms with Gasteiger partial charge in [0.2, 0.25) is 0 Å². The van der Waals surface area contributed by atoms with Crippen LogP contribution in [0.3, 0.4) is 0 Å². The smallest absolute Gasteiger partial charge is 0.0625 e. The van der Waals surface area contributed by atoms with Crippen LogP contribution >= 0.6 is 0 Å². The molecule has 102 valence electrons. The number of nitrogens with two attached hydrogens (primary N) is 1. The second-order valence-corrected chi connectivity index (χ2v) is 5.53. The summed E-state index contributed by atoms with van der Waals surface area (Å²) in [6, 6.07) is 8.96. The van der Waals surface area contributed by atoms with Crippen LogP contribution in [0.4, 0.5) is 0 Å². The minimum Gasteiger partial charge on any atom is -0.379 e. The molecule has 0 fully saturated rings. The minimum absolute atomic E-state index is 0.0280. The highest BCUT2D eigenvalue weighted by Crippen LogP contribution is 2.17. The van der Waals surface area contributed by atoms with Crippen LogP contribution in [0.2, 0.25) is 0 Å². The van der Waals surface area contributed by atoms with E-state index in [1.807, 2.05) is 0 Å². The summed E-state index contributed by atoms with van der Waals surface area (Å²) in [5.41, 5.74) is 8.28. The quantitative estimate of drug-likeness (QED) is 0.717. The highest BCUT2D eigenvalue weighted by atomic mass is 16.5. The van der Waals surface area contributed by atoms with Crippen LogP contribution < -0.4 is 5.73 Å². The van der Waals surface area contributed by atoms with Gasteiger partial charge in [-0.1, -0.05) is 24.3 Å². The van der Waals surface area contributed by atoms with Crippen LogP contribution in [0.5, 0.6) is 0 Å². The first-order valence-electron chi connectivity index (χ1n) is 6.90. The Morgan fingerprint density at radius 2 is 1.56 bits per heavy atom. The number of ether oxygens (including phenoxy) is 1. The van der Waals surface area contributed by atoms with Crippen molar-refractivity contribution in [2.45, 2.75) is 51.6 Å². The number of benzene rings is 1. The van der Waals surface area contributed by atoms with Crippen LogP contribution in [0.25, 0.3) is 0 Å². The highest BCUT2D eigenvalue weighted by Gasteiger charge is 2.15. The molecule has 1 rings (SSSR count). The van der Waals surface area contributed by atoms with Crippen LogP contribution in [0, 0.1) is 0 Å². The first-order chi connectivity index (χ1) is 8.57. The molecule has 0 saturated heterocycles. The molecule has 0 aliphatic carbocycles. The summed E-state index contributed by atoms with van der Waals surface area (Å²) in [6.45, 7) is 5.06. The molecule has 0 aromatic heterocycles. The zero-order valence-electron chi connectivity index (χ0n) is 12.0. The van der Waals surface area contributed by atoms with Gasteiger partial charge in [-0.25, -0.2) is 0 Å². The fraction of sp³-hybridized carbons (Fsp3) is 0.625. The third-order valence-electron chi connectivity index (χ3n) is 3.51.